The maximum atomic E-state index is 6.29. The molecule has 19 heavy (non-hydrogen) atoms. The quantitative estimate of drug-likeness (QED) is 0.796. The van der Waals surface area contributed by atoms with E-state index in [1.165, 1.54) is 0 Å². The Labute approximate surface area is 126 Å². The van der Waals surface area contributed by atoms with Gasteiger partial charge in [0, 0.05) is 11.1 Å². The summed E-state index contributed by atoms with van der Waals surface area (Å²) < 4.78 is 5.43. The van der Waals surface area contributed by atoms with E-state index in [4.69, 9.17) is 27.9 Å². The Morgan fingerprint density at radius 3 is 2.47 bits per heavy atom. The summed E-state index contributed by atoms with van der Waals surface area (Å²) in [5.74, 6) is 0.660. The van der Waals surface area contributed by atoms with Gasteiger partial charge >= 0.3 is 0 Å². The molecule has 0 aliphatic heterocycles. The zero-order chi connectivity index (χ0) is 14.5. The van der Waals surface area contributed by atoms with Gasteiger partial charge in [0.15, 0.2) is 0 Å². The zero-order valence-electron chi connectivity index (χ0n) is 12.1. The maximum absolute atomic E-state index is 6.29. The average molecular weight is 304 g/mol. The van der Waals surface area contributed by atoms with E-state index in [-0.39, 0.29) is 5.41 Å². The van der Waals surface area contributed by atoms with Gasteiger partial charge in [0.25, 0.3) is 0 Å². The number of nitrogens with one attached hydrogen (secondary N) is 1. The molecule has 1 N–H and O–H groups in total. The minimum absolute atomic E-state index is 0.239. The average Bonchev–Trinajstić information content (AvgIpc) is 2.32. The third kappa shape index (κ3) is 5.21. The first-order chi connectivity index (χ1) is 8.89. The standard InChI is InChI=1S/C15H23Cl2NO/c1-5-19-14-9-12(16)11(8-13(14)17)6-7-15(2,3)10-18-4/h8-9,18H,5-7,10H2,1-4H3. The number of hydrogen-bond donors (Lipinski definition) is 1. The van der Waals surface area contributed by atoms with Gasteiger partial charge in [-0.2, -0.15) is 0 Å². The van der Waals surface area contributed by atoms with Crippen LogP contribution in [-0.4, -0.2) is 20.2 Å². The van der Waals surface area contributed by atoms with Crippen molar-refractivity contribution < 1.29 is 4.74 Å². The van der Waals surface area contributed by atoms with Crippen LogP contribution >= 0.6 is 23.2 Å². The van der Waals surface area contributed by atoms with Gasteiger partial charge in [-0.1, -0.05) is 37.0 Å². The zero-order valence-corrected chi connectivity index (χ0v) is 13.7. The van der Waals surface area contributed by atoms with Crippen molar-refractivity contribution in [2.45, 2.75) is 33.6 Å². The molecule has 0 unspecified atom stereocenters. The first-order valence-electron chi connectivity index (χ1n) is 6.65. The van der Waals surface area contributed by atoms with Gasteiger partial charge in [-0.3, -0.25) is 0 Å². The second kappa shape index (κ2) is 7.37. The Kier molecular flexibility index (Phi) is 6.45. The molecule has 4 heteroatoms. The fourth-order valence-electron chi connectivity index (χ4n) is 2.07. The molecule has 0 aliphatic rings. The van der Waals surface area contributed by atoms with E-state index in [0.717, 1.165) is 30.0 Å². The largest absolute Gasteiger partial charge is 0.492 e. The molecular formula is C15H23Cl2NO. The van der Waals surface area contributed by atoms with E-state index >= 15 is 0 Å². The van der Waals surface area contributed by atoms with Crippen molar-refractivity contribution in [1.29, 1.82) is 0 Å². The summed E-state index contributed by atoms with van der Waals surface area (Å²) in [5.41, 5.74) is 1.32. The first-order valence-corrected chi connectivity index (χ1v) is 7.40. The molecule has 0 spiro atoms. The highest BCUT2D eigenvalue weighted by atomic mass is 35.5. The van der Waals surface area contributed by atoms with Gasteiger partial charge in [-0.25, -0.2) is 0 Å². The van der Waals surface area contributed by atoms with Crippen LogP contribution < -0.4 is 10.1 Å². The second-order valence-corrected chi connectivity index (χ2v) is 6.32. The van der Waals surface area contributed by atoms with Crippen LogP contribution in [0.3, 0.4) is 0 Å². The van der Waals surface area contributed by atoms with Gasteiger partial charge in [-0.15, -0.1) is 0 Å². The van der Waals surface area contributed by atoms with Crippen LogP contribution in [0.25, 0.3) is 0 Å². The van der Waals surface area contributed by atoms with E-state index in [0.29, 0.717) is 17.4 Å². The highest BCUT2D eigenvalue weighted by molar-refractivity contribution is 6.34. The van der Waals surface area contributed by atoms with Gasteiger partial charge in [0.2, 0.25) is 0 Å². The molecule has 0 atom stereocenters. The van der Waals surface area contributed by atoms with Gasteiger partial charge in [0.1, 0.15) is 5.75 Å². The summed E-state index contributed by atoms with van der Waals surface area (Å²) >= 11 is 12.5. The number of benzene rings is 1. The number of ether oxygens (including phenoxy) is 1. The molecule has 2 nitrogen and oxygen atoms in total. The molecule has 108 valence electrons. The molecule has 0 aromatic heterocycles. The van der Waals surface area contributed by atoms with Crippen molar-refractivity contribution in [3.05, 3.63) is 27.7 Å². The summed E-state index contributed by atoms with van der Waals surface area (Å²) in [5, 5.41) is 4.58. The van der Waals surface area contributed by atoms with Crippen LogP contribution in [0.4, 0.5) is 0 Å². The number of halogens is 2. The summed E-state index contributed by atoms with van der Waals surface area (Å²) in [6.45, 7) is 7.99. The predicted octanol–water partition coefficient (Wildman–Crippen LogP) is 4.57. The van der Waals surface area contributed by atoms with Crippen molar-refractivity contribution >= 4 is 23.2 Å². The molecule has 0 bridgehead atoms. The Hall–Kier alpha value is -0.440. The van der Waals surface area contributed by atoms with Crippen molar-refractivity contribution in [1.82, 2.24) is 5.32 Å². The fraction of sp³-hybridized carbons (Fsp3) is 0.600. The topological polar surface area (TPSA) is 21.3 Å². The lowest BCUT2D eigenvalue weighted by Crippen LogP contribution is -2.27. The highest BCUT2D eigenvalue weighted by Crippen LogP contribution is 2.33. The number of aryl methyl sites for hydroxylation is 1. The van der Waals surface area contributed by atoms with Crippen LogP contribution in [0.2, 0.25) is 10.0 Å². The van der Waals surface area contributed by atoms with Crippen molar-refractivity contribution in [3.8, 4) is 5.75 Å². The first kappa shape index (κ1) is 16.6. The monoisotopic (exact) mass is 303 g/mol. The Bertz CT molecular complexity index is 419. The molecule has 0 amide bonds. The molecule has 0 radical (unpaired) electrons. The van der Waals surface area contributed by atoms with Crippen LogP contribution in [-0.2, 0) is 6.42 Å². The lowest BCUT2D eigenvalue weighted by molar-refractivity contribution is 0.324. The normalized spacial score (nSPS) is 11.7. The predicted molar refractivity (Wildman–Crippen MR) is 83.7 cm³/mol. The van der Waals surface area contributed by atoms with E-state index in [9.17, 15) is 0 Å². The molecule has 0 heterocycles. The SMILES string of the molecule is CCOc1cc(Cl)c(CCC(C)(C)CNC)cc1Cl. The maximum Gasteiger partial charge on any atom is 0.139 e. The number of rotatable bonds is 7. The number of hydrogen-bond acceptors (Lipinski definition) is 2. The van der Waals surface area contributed by atoms with Crippen molar-refractivity contribution in [2.75, 3.05) is 20.2 Å². The molecule has 1 rings (SSSR count). The van der Waals surface area contributed by atoms with Crippen LogP contribution in [0.5, 0.6) is 5.75 Å². The van der Waals surface area contributed by atoms with E-state index < -0.39 is 0 Å². The molecule has 1 aromatic rings. The Balaban J connectivity index is 2.77. The van der Waals surface area contributed by atoms with Gasteiger partial charge < -0.3 is 10.1 Å². The smallest absolute Gasteiger partial charge is 0.139 e. The van der Waals surface area contributed by atoms with Crippen LogP contribution in [0.1, 0.15) is 32.8 Å². The van der Waals surface area contributed by atoms with Crippen LogP contribution in [0.15, 0.2) is 12.1 Å². The Morgan fingerprint density at radius 2 is 1.89 bits per heavy atom. The minimum atomic E-state index is 0.239. The molecule has 0 saturated heterocycles. The highest BCUT2D eigenvalue weighted by Gasteiger charge is 2.18. The lowest BCUT2D eigenvalue weighted by atomic mass is 9.86. The van der Waals surface area contributed by atoms with E-state index in [1.54, 1.807) is 0 Å². The van der Waals surface area contributed by atoms with Crippen molar-refractivity contribution in [2.24, 2.45) is 5.41 Å². The third-order valence-corrected chi connectivity index (χ3v) is 3.77. The fourth-order valence-corrected chi connectivity index (χ4v) is 2.56. The summed E-state index contributed by atoms with van der Waals surface area (Å²) in [4.78, 5) is 0. The molecule has 1 aromatic carbocycles. The van der Waals surface area contributed by atoms with Crippen molar-refractivity contribution in [3.63, 3.8) is 0 Å². The molecular weight excluding hydrogens is 281 g/mol. The summed E-state index contributed by atoms with van der Waals surface area (Å²) in [6.07, 6.45) is 1.97. The second-order valence-electron chi connectivity index (χ2n) is 5.50. The van der Waals surface area contributed by atoms with E-state index in [2.05, 4.69) is 19.2 Å². The summed E-state index contributed by atoms with van der Waals surface area (Å²) in [6, 6.07) is 3.73. The Morgan fingerprint density at radius 1 is 1.21 bits per heavy atom. The summed E-state index contributed by atoms with van der Waals surface area (Å²) in [7, 11) is 1.97. The van der Waals surface area contributed by atoms with E-state index in [1.807, 2.05) is 26.1 Å². The van der Waals surface area contributed by atoms with Crippen LogP contribution in [0, 0.1) is 5.41 Å². The molecule has 0 saturated carbocycles. The van der Waals surface area contributed by atoms with Gasteiger partial charge in [0.05, 0.1) is 11.6 Å². The third-order valence-electron chi connectivity index (χ3n) is 3.13. The lowest BCUT2D eigenvalue weighted by Gasteiger charge is -2.24. The molecule has 0 aliphatic carbocycles. The molecule has 0 fully saturated rings. The van der Waals surface area contributed by atoms with Gasteiger partial charge in [-0.05, 0) is 50.4 Å². The minimum Gasteiger partial charge on any atom is -0.492 e.